The number of fused-ring (bicyclic) bond motifs is 1. The first-order valence-corrected chi connectivity index (χ1v) is 10.3. The maximum Gasteiger partial charge on any atom is 0.260 e. The van der Waals surface area contributed by atoms with E-state index in [9.17, 15) is 13.6 Å². The largest absolute Gasteiger partial charge is 0.367 e. The number of aryl methyl sites for hydroxylation is 2. The van der Waals surface area contributed by atoms with Crippen LogP contribution >= 0.6 is 0 Å². The van der Waals surface area contributed by atoms with E-state index in [1.54, 1.807) is 12.4 Å². The second-order valence-corrected chi connectivity index (χ2v) is 8.08. The topological polar surface area (TPSA) is 63.1 Å². The minimum atomic E-state index is -2.44. The predicted octanol–water partition coefficient (Wildman–Crippen LogP) is 3.45. The number of nitrogens with one attached hydrogen (secondary N) is 1. The Kier molecular flexibility index (Phi) is 5.78. The number of pyridine rings is 1. The molecule has 29 heavy (non-hydrogen) atoms. The molecule has 1 fully saturated rings. The Bertz CT molecular complexity index is 833. The molecule has 2 aliphatic heterocycles. The smallest absolute Gasteiger partial charge is 0.260 e. The van der Waals surface area contributed by atoms with Crippen molar-refractivity contribution in [1.29, 1.82) is 0 Å². The summed E-state index contributed by atoms with van der Waals surface area (Å²) < 4.78 is 28.6. The molecule has 6 nitrogen and oxygen atoms in total. The van der Waals surface area contributed by atoms with Crippen molar-refractivity contribution in [3.63, 3.8) is 0 Å². The number of halogens is 2. The van der Waals surface area contributed by atoms with Crippen molar-refractivity contribution in [2.45, 2.75) is 57.5 Å². The van der Waals surface area contributed by atoms with Crippen LogP contribution in [0.2, 0.25) is 0 Å². The van der Waals surface area contributed by atoms with E-state index in [0.717, 1.165) is 24.1 Å². The number of hydrogen-bond acceptors (Lipinski definition) is 4. The summed E-state index contributed by atoms with van der Waals surface area (Å²) in [4.78, 5) is 18.5. The van der Waals surface area contributed by atoms with Crippen molar-refractivity contribution in [2.75, 3.05) is 18.4 Å². The van der Waals surface area contributed by atoms with Gasteiger partial charge in [0.25, 0.3) is 6.43 Å². The molecule has 0 bridgehead atoms. The van der Waals surface area contributed by atoms with Crippen LogP contribution in [0, 0.1) is 12.8 Å². The van der Waals surface area contributed by atoms with Crippen molar-refractivity contribution in [3.05, 3.63) is 41.9 Å². The van der Waals surface area contributed by atoms with Crippen LogP contribution in [-0.4, -0.2) is 51.1 Å². The van der Waals surface area contributed by atoms with Crippen molar-refractivity contribution in [3.8, 4) is 0 Å². The van der Waals surface area contributed by atoms with Crippen molar-refractivity contribution in [1.82, 2.24) is 19.7 Å². The number of carbonyl (C=O) groups is 1. The highest BCUT2D eigenvalue weighted by Crippen LogP contribution is 2.36. The van der Waals surface area contributed by atoms with Gasteiger partial charge in [-0.2, -0.15) is 5.10 Å². The van der Waals surface area contributed by atoms with Crippen LogP contribution in [0.4, 0.5) is 14.6 Å². The average molecular weight is 403 g/mol. The zero-order valence-electron chi connectivity index (χ0n) is 16.6. The van der Waals surface area contributed by atoms with Crippen LogP contribution in [-0.2, 0) is 11.2 Å². The number of hydrogen-bond donors (Lipinski definition) is 1. The molecule has 0 spiro atoms. The zero-order valence-corrected chi connectivity index (χ0v) is 16.6. The zero-order chi connectivity index (χ0) is 20.4. The van der Waals surface area contributed by atoms with E-state index in [4.69, 9.17) is 0 Å². The lowest BCUT2D eigenvalue weighted by Crippen LogP contribution is -2.46. The number of nitrogens with zero attached hydrogens (tertiary/aromatic N) is 4. The molecule has 2 aromatic heterocycles. The molecular weight excluding hydrogens is 376 g/mol. The molecule has 4 rings (SSSR count). The predicted molar refractivity (Wildman–Crippen MR) is 106 cm³/mol. The van der Waals surface area contributed by atoms with Gasteiger partial charge in [-0.3, -0.25) is 9.78 Å². The molecular formula is C21H27F2N5O. The number of alkyl halides is 2. The maximum atomic E-state index is 13.6. The normalized spacial score (nSPS) is 22.4. The van der Waals surface area contributed by atoms with Crippen LogP contribution in [0.5, 0.6) is 0 Å². The van der Waals surface area contributed by atoms with E-state index in [0.29, 0.717) is 38.2 Å². The van der Waals surface area contributed by atoms with Gasteiger partial charge in [0.05, 0.1) is 5.69 Å². The number of rotatable bonds is 5. The number of likely N-dealkylation sites (tertiary alicyclic amines) is 1. The number of carbonyl (C=O) groups excluding carboxylic acids is 1. The molecule has 2 atom stereocenters. The van der Waals surface area contributed by atoms with Gasteiger partial charge < -0.3 is 10.2 Å². The molecule has 2 aliphatic rings. The number of anilines is 1. The van der Waals surface area contributed by atoms with Gasteiger partial charge in [-0.15, -0.1) is 0 Å². The highest BCUT2D eigenvalue weighted by molar-refractivity contribution is 5.76. The fraction of sp³-hybridized carbons (Fsp3) is 0.571. The average Bonchev–Trinajstić information content (AvgIpc) is 3.12. The molecule has 4 heterocycles. The van der Waals surface area contributed by atoms with Gasteiger partial charge in [-0.25, -0.2) is 13.5 Å². The van der Waals surface area contributed by atoms with Gasteiger partial charge in [0, 0.05) is 44.0 Å². The molecule has 0 radical (unpaired) electrons. The van der Waals surface area contributed by atoms with Crippen LogP contribution in [0.15, 0.2) is 30.6 Å². The Hall–Kier alpha value is -2.51. The second-order valence-electron chi connectivity index (χ2n) is 8.08. The van der Waals surface area contributed by atoms with E-state index in [1.807, 2.05) is 30.0 Å². The number of aromatic nitrogens is 3. The van der Waals surface area contributed by atoms with Gasteiger partial charge in [0.2, 0.25) is 5.91 Å². The van der Waals surface area contributed by atoms with Crippen molar-refractivity contribution >= 4 is 11.7 Å². The molecule has 2 aromatic rings. The molecule has 0 aliphatic carbocycles. The third-order valence-corrected chi connectivity index (χ3v) is 6.10. The summed E-state index contributed by atoms with van der Waals surface area (Å²) in [5.74, 6) is 1.12. The Morgan fingerprint density at radius 2 is 2.14 bits per heavy atom. The number of amides is 1. The van der Waals surface area contributed by atoms with E-state index in [2.05, 4.69) is 15.4 Å². The molecule has 1 amide bonds. The van der Waals surface area contributed by atoms with E-state index in [-0.39, 0.29) is 17.9 Å². The second kappa shape index (κ2) is 8.47. The lowest BCUT2D eigenvalue weighted by Gasteiger charge is -2.40. The van der Waals surface area contributed by atoms with Gasteiger partial charge >= 0.3 is 0 Å². The molecule has 1 saturated heterocycles. The highest BCUT2D eigenvalue weighted by atomic mass is 19.3. The SMILES string of the molecule is Cc1cc2n(n1)[C@@H](C(F)F)C[C@@H](C1CCN(C(=O)CCc3cccnc3)CC1)N2. The van der Waals surface area contributed by atoms with E-state index >= 15 is 0 Å². The molecule has 0 unspecified atom stereocenters. The Labute approximate surface area is 169 Å². The summed E-state index contributed by atoms with van der Waals surface area (Å²) in [6.07, 6.45) is 4.28. The van der Waals surface area contributed by atoms with Crippen LogP contribution in [0.3, 0.4) is 0 Å². The summed E-state index contributed by atoms with van der Waals surface area (Å²) in [7, 11) is 0. The van der Waals surface area contributed by atoms with Crippen molar-refractivity contribution < 1.29 is 13.6 Å². The summed E-state index contributed by atoms with van der Waals surface area (Å²) in [5.41, 5.74) is 1.81. The van der Waals surface area contributed by atoms with Crippen molar-refractivity contribution in [2.24, 2.45) is 5.92 Å². The van der Waals surface area contributed by atoms with Gasteiger partial charge in [-0.05, 0) is 50.2 Å². The van der Waals surface area contributed by atoms with Crippen LogP contribution in [0.1, 0.15) is 43.0 Å². The number of piperidine rings is 1. The Morgan fingerprint density at radius 3 is 2.83 bits per heavy atom. The van der Waals surface area contributed by atoms with Gasteiger partial charge in [0.15, 0.2) is 0 Å². The minimum absolute atomic E-state index is 0.00903. The quantitative estimate of drug-likeness (QED) is 0.831. The molecule has 0 saturated carbocycles. The Morgan fingerprint density at radius 1 is 1.34 bits per heavy atom. The molecule has 0 aromatic carbocycles. The Balaban J connectivity index is 1.32. The summed E-state index contributed by atoms with van der Waals surface area (Å²) in [5, 5.41) is 7.65. The highest BCUT2D eigenvalue weighted by Gasteiger charge is 2.38. The summed E-state index contributed by atoms with van der Waals surface area (Å²) in [6, 6.07) is 4.79. The summed E-state index contributed by atoms with van der Waals surface area (Å²) >= 11 is 0. The van der Waals surface area contributed by atoms with Crippen LogP contribution < -0.4 is 5.32 Å². The lowest BCUT2D eigenvalue weighted by atomic mass is 9.85. The maximum absolute atomic E-state index is 13.6. The van der Waals surface area contributed by atoms with E-state index < -0.39 is 12.5 Å². The van der Waals surface area contributed by atoms with Gasteiger partial charge in [0.1, 0.15) is 11.9 Å². The first-order chi connectivity index (χ1) is 14.0. The monoisotopic (exact) mass is 403 g/mol. The standard InChI is InChI=1S/C21H27F2N5O/c1-14-11-19-25-17(12-18(21(22)23)28(19)26-14)16-6-9-27(10-7-16)20(29)5-4-15-3-2-8-24-13-15/h2-3,8,11,13,16-18,21,25H,4-7,9-10,12H2,1H3/t17-,18+/m0/s1. The summed E-state index contributed by atoms with van der Waals surface area (Å²) in [6.45, 7) is 3.19. The molecule has 8 heteroatoms. The lowest BCUT2D eigenvalue weighted by molar-refractivity contribution is -0.132. The first-order valence-electron chi connectivity index (χ1n) is 10.3. The fourth-order valence-electron chi connectivity index (χ4n) is 4.51. The van der Waals surface area contributed by atoms with Crippen LogP contribution in [0.25, 0.3) is 0 Å². The molecule has 1 N–H and O–H groups in total. The van der Waals surface area contributed by atoms with E-state index in [1.165, 1.54) is 4.68 Å². The third kappa shape index (κ3) is 4.41. The molecule has 156 valence electrons. The fourth-order valence-corrected chi connectivity index (χ4v) is 4.51. The minimum Gasteiger partial charge on any atom is -0.367 e. The third-order valence-electron chi connectivity index (χ3n) is 6.10. The van der Waals surface area contributed by atoms with Gasteiger partial charge in [-0.1, -0.05) is 6.07 Å². The first kappa shape index (κ1) is 19.8.